The highest BCUT2D eigenvalue weighted by molar-refractivity contribution is 5.69. The van der Waals surface area contributed by atoms with Crippen LogP contribution in [0.15, 0.2) is 54.7 Å². The lowest BCUT2D eigenvalue weighted by molar-refractivity contribution is -0.145. The number of hydrogen-bond donors (Lipinski definition) is 2. The van der Waals surface area contributed by atoms with Crippen molar-refractivity contribution in [2.24, 2.45) is 0 Å². The van der Waals surface area contributed by atoms with E-state index in [0.717, 1.165) is 11.3 Å². The molecule has 0 radical (unpaired) electrons. The third-order valence-electron chi connectivity index (χ3n) is 3.63. The van der Waals surface area contributed by atoms with E-state index in [1.165, 1.54) is 0 Å². The summed E-state index contributed by atoms with van der Waals surface area (Å²) in [5, 5.41) is 13.0. The van der Waals surface area contributed by atoms with E-state index in [9.17, 15) is 9.90 Å². The van der Waals surface area contributed by atoms with Crippen LogP contribution in [0.3, 0.4) is 0 Å². The Morgan fingerprint density at radius 2 is 1.96 bits per heavy atom. The zero-order valence-electron chi connectivity index (χ0n) is 14.8. The highest BCUT2D eigenvalue weighted by Gasteiger charge is 2.06. The zero-order chi connectivity index (χ0) is 18.5. The van der Waals surface area contributed by atoms with Crippen molar-refractivity contribution in [2.75, 3.05) is 19.8 Å². The van der Waals surface area contributed by atoms with E-state index in [2.05, 4.69) is 10.3 Å². The SMILES string of the molecule is O=C(CCCOCC(O)CNCc1ccccn1)OCc1ccccc1. The molecule has 0 saturated heterocycles. The highest BCUT2D eigenvalue weighted by Crippen LogP contribution is 2.03. The van der Waals surface area contributed by atoms with Crippen molar-refractivity contribution in [3.05, 3.63) is 66.0 Å². The van der Waals surface area contributed by atoms with Crippen LogP contribution in [0.2, 0.25) is 0 Å². The monoisotopic (exact) mass is 358 g/mol. The fraction of sp³-hybridized carbons (Fsp3) is 0.400. The van der Waals surface area contributed by atoms with Crippen molar-refractivity contribution < 1.29 is 19.4 Å². The molecule has 0 bridgehead atoms. The number of pyridine rings is 1. The van der Waals surface area contributed by atoms with Gasteiger partial charge in [0, 0.05) is 32.3 Å². The number of aliphatic hydroxyl groups is 1. The van der Waals surface area contributed by atoms with Crippen LogP contribution in [-0.4, -0.2) is 41.9 Å². The Hall–Kier alpha value is -2.28. The number of esters is 1. The lowest BCUT2D eigenvalue weighted by atomic mass is 10.2. The molecule has 1 heterocycles. The predicted octanol–water partition coefficient (Wildman–Crippen LogP) is 2.07. The molecule has 140 valence electrons. The van der Waals surface area contributed by atoms with Crippen molar-refractivity contribution in [3.8, 4) is 0 Å². The minimum absolute atomic E-state index is 0.230. The van der Waals surface area contributed by atoms with E-state index < -0.39 is 6.10 Å². The molecular formula is C20H26N2O4. The van der Waals surface area contributed by atoms with Crippen molar-refractivity contribution in [3.63, 3.8) is 0 Å². The standard InChI is InChI=1S/C20H26N2O4/c23-19(14-21-13-18-9-4-5-11-22-18)16-25-12-6-10-20(24)26-15-17-7-2-1-3-8-17/h1-5,7-9,11,19,21,23H,6,10,12-16H2. The van der Waals surface area contributed by atoms with Gasteiger partial charge in [0.2, 0.25) is 0 Å². The number of hydrogen-bond acceptors (Lipinski definition) is 6. The van der Waals surface area contributed by atoms with Gasteiger partial charge in [0.25, 0.3) is 0 Å². The third kappa shape index (κ3) is 8.71. The zero-order valence-corrected chi connectivity index (χ0v) is 14.8. The van der Waals surface area contributed by atoms with Gasteiger partial charge in [-0.15, -0.1) is 0 Å². The number of aromatic nitrogens is 1. The first-order valence-corrected chi connectivity index (χ1v) is 8.80. The first kappa shape index (κ1) is 20.0. The number of carbonyl (C=O) groups is 1. The Morgan fingerprint density at radius 1 is 1.15 bits per heavy atom. The Kier molecular flexibility index (Phi) is 9.35. The van der Waals surface area contributed by atoms with Crippen molar-refractivity contribution in [2.45, 2.75) is 32.1 Å². The fourth-order valence-electron chi connectivity index (χ4n) is 2.28. The van der Waals surface area contributed by atoms with Crippen LogP contribution < -0.4 is 5.32 Å². The molecule has 1 unspecified atom stereocenters. The predicted molar refractivity (Wildman–Crippen MR) is 98.2 cm³/mol. The third-order valence-corrected chi connectivity index (χ3v) is 3.63. The summed E-state index contributed by atoms with van der Waals surface area (Å²) in [7, 11) is 0. The lowest BCUT2D eigenvalue weighted by Crippen LogP contribution is -2.30. The Morgan fingerprint density at radius 3 is 2.73 bits per heavy atom. The molecular weight excluding hydrogens is 332 g/mol. The molecule has 0 aliphatic rings. The molecule has 0 aliphatic heterocycles. The number of ether oxygens (including phenoxy) is 2. The van der Waals surface area contributed by atoms with Gasteiger partial charge >= 0.3 is 5.97 Å². The van der Waals surface area contributed by atoms with Gasteiger partial charge < -0.3 is 19.9 Å². The Bertz CT molecular complexity index is 622. The molecule has 1 atom stereocenters. The summed E-state index contributed by atoms with van der Waals surface area (Å²) in [6.07, 6.45) is 2.02. The molecule has 6 nitrogen and oxygen atoms in total. The van der Waals surface area contributed by atoms with Gasteiger partial charge in [-0.2, -0.15) is 0 Å². The minimum Gasteiger partial charge on any atom is -0.461 e. The molecule has 1 aromatic heterocycles. The maximum atomic E-state index is 11.6. The number of nitrogens with one attached hydrogen (secondary N) is 1. The van der Waals surface area contributed by atoms with Crippen LogP contribution in [0.25, 0.3) is 0 Å². The van der Waals surface area contributed by atoms with Crippen LogP contribution in [-0.2, 0) is 27.4 Å². The van der Waals surface area contributed by atoms with E-state index in [0.29, 0.717) is 39.1 Å². The van der Waals surface area contributed by atoms with Crippen molar-refractivity contribution >= 4 is 5.97 Å². The number of aliphatic hydroxyl groups excluding tert-OH is 1. The van der Waals surface area contributed by atoms with E-state index >= 15 is 0 Å². The summed E-state index contributed by atoms with van der Waals surface area (Å²) in [5.74, 6) is -0.241. The van der Waals surface area contributed by atoms with E-state index in [4.69, 9.17) is 9.47 Å². The number of carbonyl (C=O) groups excluding carboxylic acids is 1. The van der Waals surface area contributed by atoms with Gasteiger partial charge in [-0.25, -0.2) is 0 Å². The van der Waals surface area contributed by atoms with Gasteiger partial charge in [0.05, 0.1) is 18.4 Å². The van der Waals surface area contributed by atoms with Crippen LogP contribution >= 0.6 is 0 Å². The largest absolute Gasteiger partial charge is 0.461 e. The van der Waals surface area contributed by atoms with Crippen LogP contribution in [0.5, 0.6) is 0 Å². The molecule has 2 aromatic rings. The summed E-state index contributed by atoms with van der Waals surface area (Å²) < 4.78 is 10.6. The lowest BCUT2D eigenvalue weighted by Gasteiger charge is -2.12. The van der Waals surface area contributed by atoms with Gasteiger partial charge in [-0.1, -0.05) is 36.4 Å². The first-order valence-electron chi connectivity index (χ1n) is 8.80. The smallest absolute Gasteiger partial charge is 0.306 e. The molecule has 6 heteroatoms. The molecule has 0 spiro atoms. The minimum atomic E-state index is -0.594. The summed E-state index contributed by atoms with van der Waals surface area (Å²) >= 11 is 0. The fourth-order valence-corrected chi connectivity index (χ4v) is 2.28. The molecule has 0 aliphatic carbocycles. The molecule has 1 aromatic carbocycles. The normalized spacial score (nSPS) is 11.9. The first-order chi connectivity index (χ1) is 12.7. The average molecular weight is 358 g/mol. The van der Waals surface area contributed by atoms with Gasteiger partial charge in [0.1, 0.15) is 6.61 Å². The quantitative estimate of drug-likeness (QED) is 0.447. The van der Waals surface area contributed by atoms with Crippen LogP contribution in [0, 0.1) is 0 Å². The number of benzene rings is 1. The second-order valence-corrected chi connectivity index (χ2v) is 5.93. The van der Waals surface area contributed by atoms with Gasteiger partial charge in [-0.3, -0.25) is 9.78 Å². The Balaban J connectivity index is 1.44. The summed E-state index contributed by atoms with van der Waals surface area (Å²) in [4.78, 5) is 15.8. The summed E-state index contributed by atoms with van der Waals surface area (Å²) in [6.45, 7) is 1.97. The molecule has 0 fully saturated rings. The van der Waals surface area contributed by atoms with E-state index in [1.54, 1.807) is 6.20 Å². The van der Waals surface area contributed by atoms with Gasteiger partial charge in [0.15, 0.2) is 0 Å². The second-order valence-electron chi connectivity index (χ2n) is 5.93. The van der Waals surface area contributed by atoms with Crippen LogP contribution in [0.1, 0.15) is 24.1 Å². The molecule has 0 amide bonds. The Labute approximate surface area is 154 Å². The number of rotatable bonds is 12. The highest BCUT2D eigenvalue weighted by atomic mass is 16.5. The molecule has 2 N–H and O–H groups in total. The van der Waals surface area contributed by atoms with E-state index in [1.807, 2.05) is 48.5 Å². The summed E-state index contributed by atoms with van der Waals surface area (Å²) in [6, 6.07) is 15.3. The maximum Gasteiger partial charge on any atom is 0.306 e. The van der Waals surface area contributed by atoms with E-state index in [-0.39, 0.29) is 12.6 Å². The van der Waals surface area contributed by atoms with Crippen LogP contribution in [0.4, 0.5) is 0 Å². The molecule has 0 saturated carbocycles. The van der Waals surface area contributed by atoms with Gasteiger partial charge in [-0.05, 0) is 24.1 Å². The van der Waals surface area contributed by atoms with Crippen molar-refractivity contribution in [1.29, 1.82) is 0 Å². The number of nitrogens with zero attached hydrogens (tertiary/aromatic N) is 1. The molecule has 2 rings (SSSR count). The maximum absolute atomic E-state index is 11.6. The molecule has 26 heavy (non-hydrogen) atoms. The van der Waals surface area contributed by atoms with Crippen molar-refractivity contribution in [1.82, 2.24) is 10.3 Å². The summed E-state index contributed by atoms with van der Waals surface area (Å²) in [5.41, 5.74) is 1.90. The topological polar surface area (TPSA) is 80.7 Å². The average Bonchev–Trinajstić information content (AvgIpc) is 2.68. The second kappa shape index (κ2) is 12.1.